The van der Waals surface area contributed by atoms with Crippen LogP contribution in [0.3, 0.4) is 0 Å². The van der Waals surface area contributed by atoms with Gasteiger partial charge in [0.2, 0.25) is 5.91 Å². The molecule has 0 aliphatic heterocycles. The number of benzene rings is 2. The van der Waals surface area contributed by atoms with E-state index in [1.165, 1.54) is 5.56 Å². The monoisotopic (exact) mass is 369 g/mol. The van der Waals surface area contributed by atoms with Crippen LogP contribution in [0.2, 0.25) is 5.02 Å². The van der Waals surface area contributed by atoms with Crippen LogP contribution in [0.4, 0.5) is 0 Å². The van der Waals surface area contributed by atoms with E-state index in [4.69, 9.17) is 16.1 Å². The van der Waals surface area contributed by atoms with Crippen LogP contribution in [0.15, 0.2) is 65.2 Å². The summed E-state index contributed by atoms with van der Waals surface area (Å²) < 4.78 is 5.29. The van der Waals surface area contributed by atoms with Crippen molar-refractivity contribution in [1.82, 2.24) is 15.4 Å². The molecule has 0 saturated carbocycles. The van der Waals surface area contributed by atoms with Crippen molar-refractivity contribution in [1.29, 1.82) is 0 Å². The number of aromatic nitrogens is 1. The minimum absolute atomic E-state index is 0.0622. The molecule has 0 atom stereocenters. The summed E-state index contributed by atoms with van der Waals surface area (Å²) in [5.41, 5.74) is 2.80. The molecular formula is C20H20ClN3O2. The SMILES string of the molecule is CN(CC(=O)NCc1cc(-c2ccc(Cl)cc2)no1)Cc1ccccc1. The second-order valence-electron chi connectivity index (χ2n) is 6.12. The van der Waals surface area contributed by atoms with Gasteiger partial charge < -0.3 is 9.84 Å². The lowest BCUT2D eigenvalue weighted by atomic mass is 10.1. The summed E-state index contributed by atoms with van der Waals surface area (Å²) in [5, 5.41) is 7.56. The van der Waals surface area contributed by atoms with Crippen molar-refractivity contribution < 1.29 is 9.32 Å². The van der Waals surface area contributed by atoms with E-state index in [9.17, 15) is 4.79 Å². The van der Waals surface area contributed by atoms with Gasteiger partial charge >= 0.3 is 0 Å². The summed E-state index contributed by atoms with van der Waals surface area (Å²) in [4.78, 5) is 14.1. The maximum absolute atomic E-state index is 12.1. The highest BCUT2D eigenvalue weighted by Gasteiger charge is 2.10. The zero-order chi connectivity index (χ0) is 18.4. The van der Waals surface area contributed by atoms with Crippen LogP contribution in [0.5, 0.6) is 0 Å². The van der Waals surface area contributed by atoms with Crippen LogP contribution >= 0.6 is 11.6 Å². The largest absolute Gasteiger partial charge is 0.359 e. The summed E-state index contributed by atoms with van der Waals surface area (Å²) in [6, 6.07) is 19.2. The van der Waals surface area contributed by atoms with Gasteiger partial charge in [0, 0.05) is 23.2 Å². The second-order valence-corrected chi connectivity index (χ2v) is 6.56. The van der Waals surface area contributed by atoms with E-state index >= 15 is 0 Å². The van der Waals surface area contributed by atoms with Crippen LogP contribution in [0.1, 0.15) is 11.3 Å². The Hall–Kier alpha value is -2.63. The van der Waals surface area contributed by atoms with E-state index < -0.39 is 0 Å². The first-order valence-corrected chi connectivity index (χ1v) is 8.68. The number of halogens is 1. The first kappa shape index (κ1) is 18.2. The first-order chi connectivity index (χ1) is 12.6. The Balaban J connectivity index is 1.48. The molecule has 0 aliphatic rings. The van der Waals surface area contributed by atoms with Crippen LogP contribution < -0.4 is 5.32 Å². The third-order valence-corrected chi connectivity index (χ3v) is 4.12. The van der Waals surface area contributed by atoms with E-state index in [2.05, 4.69) is 10.5 Å². The van der Waals surface area contributed by atoms with Crippen molar-refractivity contribution in [3.63, 3.8) is 0 Å². The van der Waals surface area contributed by atoms with Gasteiger partial charge in [0.25, 0.3) is 0 Å². The summed E-state index contributed by atoms with van der Waals surface area (Å²) >= 11 is 5.89. The zero-order valence-corrected chi connectivity index (χ0v) is 15.2. The summed E-state index contributed by atoms with van der Waals surface area (Å²) in [6.45, 7) is 1.34. The van der Waals surface area contributed by atoms with Gasteiger partial charge in [-0.3, -0.25) is 9.69 Å². The minimum atomic E-state index is -0.0622. The van der Waals surface area contributed by atoms with Gasteiger partial charge in [0.1, 0.15) is 5.69 Å². The molecule has 1 amide bonds. The average Bonchev–Trinajstić information content (AvgIpc) is 3.10. The van der Waals surface area contributed by atoms with Crippen molar-refractivity contribution in [3.8, 4) is 11.3 Å². The van der Waals surface area contributed by atoms with Gasteiger partial charge in [-0.25, -0.2) is 0 Å². The Morgan fingerprint density at radius 2 is 1.88 bits per heavy atom. The molecule has 0 unspecified atom stereocenters. The number of rotatable bonds is 7. The fraction of sp³-hybridized carbons (Fsp3) is 0.200. The summed E-state index contributed by atoms with van der Waals surface area (Å²) in [6.07, 6.45) is 0. The molecule has 0 radical (unpaired) electrons. The van der Waals surface area contributed by atoms with Crippen LogP contribution in [0.25, 0.3) is 11.3 Å². The number of hydrogen-bond acceptors (Lipinski definition) is 4. The van der Waals surface area contributed by atoms with Gasteiger partial charge in [0.15, 0.2) is 5.76 Å². The highest BCUT2D eigenvalue weighted by Crippen LogP contribution is 2.21. The van der Waals surface area contributed by atoms with Crippen molar-refractivity contribution in [2.75, 3.05) is 13.6 Å². The molecular weight excluding hydrogens is 350 g/mol. The molecule has 3 aromatic rings. The molecule has 6 heteroatoms. The number of likely N-dealkylation sites (N-methyl/N-ethyl adjacent to an activating group) is 1. The van der Waals surface area contributed by atoms with E-state index in [1.807, 2.05) is 60.5 Å². The molecule has 0 bridgehead atoms. The predicted molar refractivity (Wildman–Crippen MR) is 102 cm³/mol. The lowest BCUT2D eigenvalue weighted by molar-refractivity contribution is -0.122. The Morgan fingerprint density at radius 3 is 2.62 bits per heavy atom. The molecule has 0 saturated heterocycles. The summed E-state index contributed by atoms with van der Waals surface area (Å²) in [5.74, 6) is 0.543. The van der Waals surface area contributed by atoms with Crippen LogP contribution in [-0.4, -0.2) is 29.6 Å². The Kier molecular flexibility index (Phi) is 6.04. The normalized spacial score (nSPS) is 10.9. The molecule has 0 fully saturated rings. The van der Waals surface area contributed by atoms with Crippen molar-refractivity contribution in [2.24, 2.45) is 0 Å². The number of hydrogen-bond donors (Lipinski definition) is 1. The Morgan fingerprint density at radius 1 is 1.15 bits per heavy atom. The molecule has 1 N–H and O–H groups in total. The van der Waals surface area contributed by atoms with E-state index in [0.29, 0.717) is 29.6 Å². The topological polar surface area (TPSA) is 58.4 Å². The van der Waals surface area contributed by atoms with E-state index in [-0.39, 0.29) is 5.91 Å². The molecule has 1 heterocycles. The predicted octanol–water partition coefficient (Wildman–Crippen LogP) is 3.74. The minimum Gasteiger partial charge on any atom is -0.359 e. The highest BCUT2D eigenvalue weighted by molar-refractivity contribution is 6.30. The molecule has 0 aliphatic carbocycles. The number of carbonyl (C=O) groups is 1. The van der Waals surface area contributed by atoms with Gasteiger partial charge in [-0.15, -0.1) is 0 Å². The molecule has 134 valence electrons. The third-order valence-electron chi connectivity index (χ3n) is 3.87. The van der Waals surface area contributed by atoms with Crippen LogP contribution in [0, 0.1) is 0 Å². The molecule has 1 aromatic heterocycles. The Labute approximate surface area is 157 Å². The second kappa shape index (κ2) is 8.65. The van der Waals surface area contributed by atoms with E-state index in [1.54, 1.807) is 12.1 Å². The lowest BCUT2D eigenvalue weighted by Crippen LogP contribution is -2.34. The maximum Gasteiger partial charge on any atom is 0.234 e. The average molecular weight is 370 g/mol. The van der Waals surface area contributed by atoms with Crippen molar-refractivity contribution in [3.05, 3.63) is 77.0 Å². The van der Waals surface area contributed by atoms with Crippen molar-refractivity contribution in [2.45, 2.75) is 13.1 Å². The van der Waals surface area contributed by atoms with Crippen LogP contribution in [-0.2, 0) is 17.9 Å². The standard InChI is InChI=1S/C20H20ClN3O2/c1-24(13-15-5-3-2-4-6-15)14-20(25)22-12-18-11-19(23-26-18)16-7-9-17(21)10-8-16/h2-11H,12-14H2,1H3,(H,22,25). The third kappa shape index (κ3) is 5.18. The number of carbonyl (C=O) groups excluding carboxylic acids is 1. The fourth-order valence-corrected chi connectivity index (χ4v) is 2.72. The lowest BCUT2D eigenvalue weighted by Gasteiger charge is -2.15. The van der Waals surface area contributed by atoms with Gasteiger partial charge in [-0.05, 0) is 24.7 Å². The van der Waals surface area contributed by atoms with Gasteiger partial charge in [0.05, 0.1) is 13.1 Å². The molecule has 3 rings (SSSR count). The van der Waals surface area contributed by atoms with E-state index in [0.717, 1.165) is 12.1 Å². The quantitative estimate of drug-likeness (QED) is 0.689. The zero-order valence-electron chi connectivity index (χ0n) is 14.5. The van der Waals surface area contributed by atoms with Gasteiger partial charge in [-0.2, -0.15) is 0 Å². The molecule has 0 spiro atoms. The fourth-order valence-electron chi connectivity index (χ4n) is 2.59. The molecule has 2 aromatic carbocycles. The highest BCUT2D eigenvalue weighted by atomic mass is 35.5. The van der Waals surface area contributed by atoms with Crippen molar-refractivity contribution >= 4 is 17.5 Å². The number of nitrogens with zero attached hydrogens (tertiary/aromatic N) is 2. The first-order valence-electron chi connectivity index (χ1n) is 8.31. The number of amides is 1. The van der Waals surface area contributed by atoms with Gasteiger partial charge in [-0.1, -0.05) is 59.2 Å². The molecule has 26 heavy (non-hydrogen) atoms. The smallest absolute Gasteiger partial charge is 0.234 e. The summed E-state index contributed by atoms with van der Waals surface area (Å²) in [7, 11) is 1.92. The molecule has 5 nitrogen and oxygen atoms in total. The Bertz CT molecular complexity index is 847. The number of nitrogens with one attached hydrogen (secondary N) is 1. The maximum atomic E-state index is 12.1.